The molecule has 1 aromatic carbocycles. The number of unbranched alkanes of at least 4 members (excludes halogenated alkanes) is 1. The molecule has 0 saturated heterocycles. The fraction of sp³-hybridized carbons (Fsp3) is 0.360. The maximum Gasteiger partial charge on any atom is 0.316 e. The molecule has 5 heteroatoms. The van der Waals surface area contributed by atoms with Crippen LogP contribution in [0.4, 0.5) is 0 Å². The van der Waals surface area contributed by atoms with Gasteiger partial charge in [0.2, 0.25) is 0 Å². The van der Waals surface area contributed by atoms with Gasteiger partial charge < -0.3 is 9.47 Å². The summed E-state index contributed by atoms with van der Waals surface area (Å²) in [4.78, 5) is 26.4. The number of esters is 1. The molecule has 0 N–H and O–H groups in total. The number of benzene rings is 1. The summed E-state index contributed by atoms with van der Waals surface area (Å²) in [6.07, 6.45) is 2.53. The number of aromatic nitrogens is 1. The Balaban J connectivity index is 2.32. The van der Waals surface area contributed by atoms with Gasteiger partial charge in [-0.15, -0.1) is 0 Å². The summed E-state index contributed by atoms with van der Waals surface area (Å²) in [5, 5.41) is 0. The predicted octanol–water partition coefficient (Wildman–Crippen LogP) is 5.47. The number of pyridine rings is 1. The summed E-state index contributed by atoms with van der Waals surface area (Å²) in [6, 6.07) is 14.6. The summed E-state index contributed by atoms with van der Waals surface area (Å²) >= 11 is 0. The van der Waals surface area contributed by atoms with Crippen LogP contribution in [0, 0.1) is 5.41 Å². The summed E-state index contributed by atoms with van der Waals surface area (Å²) in [5.74, 6) is 0.346. The van der Waals surface area contributed by atoms with Crippen molar-refractivity contribution in [3.05, 3.63) is 65.4 Å². The zero-order chi connectivity index (χ0) is 21.9. The first-order valence-corrected chi connectivity index (χ1v) is 10.3. The van der Waals surface area contributed by atoms with Gasteiger partial charge in [-0.2, -0.15) is 0 Å². The van der Waals surface area contributed by atoms with Crippen molar-refractivity contribution in [2.24, 2.45) is 5.41 Å². The molecule has 0 unspecified atom stereocenters. The summed E-state index contributed by atoms with van der Waals surface area (Å²) in [5.41, 5.74) is 1.73. The first-order valence-electron chi connectivity index (χ1n) is 10.3. The van der Waals surface area contributed by atoms with Crippen LogP contribution in [-0.2, 0) is 11.2 Å². The third kappa shape index (κ3) is 4.11. The average molecular weight is 408 g/mol. The van der Waals surface area contributed by atoms with Gasteiger partial charge in [0.1, 0.15) is 0 Å². The minimum absolute atomic E-state index is 0.163. The SMILES string of the molecule is CCCCc1c(C(=O)c2ccccc2)c(OC(=O)C(C)(C)C)c2cccc(OC)n12. The van der Waals surface area contributed by atoms with Gasteiger partial charge in [0.25, 0.3) is 0 Å². The molecule has 2 aromatic heterocycles. The number of hydrogen-bond acceptors (Lipinski definition) is 4. The van der Waals surface area contributed by atoms with E-state index in [1.54, 1.807) is 40.0 Å². The molecule has 0 fully saturated rings. The first-order chi connectivity index (χ1) is 14.3. The van der Waals surface area contributed by atoms with E-state index < -0.39 is 5.41 Å². The second-order valence-electron chi connectivity index (χ2n) is 8.38. The zero-order valence-corrected chi connectivity index (χ0v) is 18.3. The van der Waals surface area contributed by atoms with Crippen LogP contribution in [0.3, 0.4) is 0 Å². The topological polar surface area (TPSA) is 57.0 Å². The molecule has 0 bridgehead atoms. The Morgan fingerprint density at radius 3 is 2.30 bits per heavy atom. The Morgan fingerprint density at radius 2 is 1.70 bits per heavy atom. The third-order valence-electron chi connectivity index (χ3n) is 5.02. The van der Waals surface area contributed by atoms with Crippen LogP contribution in [0.25, 0.3) is 5.52 Å². The van der Waals surface area contributed by atoms with Gasteiger partial charge in [0, 0.05) is 11.3 Å². The number of aryl methyl sites for hydroxylation is 1. The largest absolute Gasteiger partial charge is 0.482 e. The highest BCUT2D eigenvalue weighted by molar-refractivity contribution is 6.13. The number of carbonyl (C=O) groups is 2. The molecule has 0 spiro atoms. The second kappa shape index (κ2) is 8.74. The highest BCUT2D eigenvalue weighted by atomic mass is 16.5. The lowest BCUT2D eigenvalue weighted by Crippen LogP contribution is -2.26. The van der Waals surface area contributed by atoms with E-state index in [2.05, 4.69) is 6.92 Å². The number of methoxy groups -OCH3 is 1. The molecule has 0 aliphatic carbocycles. The fourth-order valence-corrected chi connectivity index (χ4v) is 3.37. The van der Waals surface area contributed by atoms with Gasteiger partial charge in [-0.3, -0.25) is 14.0 Å². The minimum Gasteiger partial charge on any atom is -0.482 e. The van der Waals surface area contributed by atoms with Gasteiger partial charge in [-0.1, -0.05) is 49.7 Å². The van der Waals surface area contributed by atoms with Crippen molar-refractivity contribution in [1.29, 1.82) is 0 Å². The quantitative estimate of drug-likeness (QED) is 0.385. The van der Waals surface area contributed by atoms with Crippen LogP contribution < -0.4 is 9.47 Å². The van der Waals surface area contributed by atoms with E-state index >= 15 is 0 Å². The van der Waals surface area contributed by atoms with Crippen LogP contribution >= 0.6 is 0 Å². The first kappa shape index (κ1) is 21.6. The predicted molar refractivity (Wildman–Crippen MR) is 118 cm³/mol. The van der Waals surface area contributed by atoms with Gasteiger partial charge >= 0.3 is 5.97 Å². The van der Waals surface area contributed by atoms with E-state index in [0.717, 1.165) is 18.5 Å². The molecule has 0 aliphatic heterocycles. The Kier molecular flexibility index (Phi) is 6.30. The number of hydrogen-bond donors (Lipinski definition) is 0. The maximum atomic E-state index is 13.6. The number of rotatable bonds is 7. The van der Waals surface area contributed by atoms with Crippen LogP contribution in [0.1, 0.15) is 62.2 Å². The highest BCUT2D eigenvalue weighted by Gasteiger charge is 2.31. The van der Waals surface area contributed by atoms with Crippen LogP contribution in [0.15, 0.2) is 48.5 Å². The normalized spacial score (nSPS) is 11.5. The van der Waals surface area contributed by atoms with Crippen molar-refractivity contribution >= 4 is 17.3 Å². The van der Waals surface area contributed by atoms with Crippen LogP contribution in [0.5, 0.6) is 11.6 Å². The summed E-state index contributed by atoms with van der Waals surface area (Å²) in [6.45, 7) is 7.49. The molecule has 2 heterocycles. The molecule has 0 saturated carbocycles. The lowest BCUT2D eigenvalue weighted by molar-refractivity contribution is -0.142. The molecule has 0 amide bonds. The van der Waals surface area contributed by atoms with Crippen molar-refractivity contribution in [2.75, 3.05) is 7.11 Å². The molecular weight excluding hydrogens is 378 g/mol. The van der Waals surface area contributed by atoms with Crippen LogP contribution in [0.2, 0.25) is 0 Å². The molecule has 30 heavy (non-hydrogen) atoms. The zero-order valence-electron chi connectivity index (χ0n) is 18.3. The van der Waals surface area contributed by atoms with E-state index in [0.29, 0.717) is 34.7 Å². The van der Waals surface area contributed by atoms with Crippen molar-refractivity contribution in [3.63, 3.8) is 0 Å². The lowest BCUT2D eigenvalue weighted by Gasteiger charge is -2.17. The van der Waals surface area contributed by atoms with Gasteiger partial charge in [0.05, 0.1) is 23.6 Å². The summed E-state index contributed by atoms with van der Waals surface area (Å²) in [7, 11) is 1.60. The van der Waals surface area contributed by atoms with Crippen molar-refractivity contribution in [3.8, 4) is 11.6 Å². The lowest BCUT2D eigenvalue weighted by atomic mass is 9.97. The van der Waals surface area contributed by atoms with Crippen molar-refractivity contribution < 1.29 is 19.1 Å². The van der Waals surface area contributed by atoms with Crippen molar-refractivity contribution in [1.82, 2.24) is 4.40 Å². The smallest absolute Gasteiger partial charge is 0.316 e. The van der Waals surface area contributed by atoms with E-state index in [1.165, 1.54) is 0 Å². The molecule has 0 radical (unpaired) electrons. The number of nitrogens with zero attached hydrogens (tertiary/aromatic N) is 1. The molecule has 3 aromatic rings. The Labute approximate surface area is 177 Å². The molecule has 0 aliphatic rings. The number of carbonyl (C=O) groups excluding carboxylic acids is 2. The Hall–Kier alpha value is -3.08. The van der Waals surface area contributed by atoms with Gasteiger partial charge in [0.15, 0.2) is 17.4 Å². The standard InChI is InChI=1S/C25H29NO4/c1-6-7-14-18-21(22(27)17-12-9-8-10-13-17)23(30-24(28)25(2,3)4)19-15-11-16-20(29-5)26(18)19/h8-13,15-16H,6-7,14H2,1-5H3. The number of ether oxygens (including phenoxy) is 2. The van der Waals surface area contributed by atoms with Gasteiger partial charge in [-0.05, 0) is 45.7 Å². The summed E-state index contributed by atoms with van der Waals surface area (Å²) < 4.78 is 13.4. The molecule has 158 valence electrons. The van der Waals surface area contributed by atoms with Gasteiger partial charge in [-0.25, -0.2) is 0 Å². The average Bonchev–Trinajstić information content (AvgIpc) is 3.05. The molecule has 0 atom stereocenters. The molecule has 3 rings (SSSR count). The Bertz CT molecular complexity index is 1060. The molecular formula is C25H29NO4. The highest BCUT2D eigenvalue weighted by Crippen LogP contribution is 2.38. The third-order valence-corrected chi connectivity index (χ3v) is 5.02. The minimum atomic E-state index is -0.705. The maximum absolute atomic E-state index is 13.6. The fourth-order valence-electron chi connectivity index (χ4n) is 3.37. The van der Waals surface area contributed by atoms with E-state index in [4.69, 9.17) is 9.47 Å². The Morgan fingerprint density at radius 1 is 1.00 bits per heavy atom. The number of fused-ring (bicyclic) bond motifs is 1. The van der Waals surface area contributed by atoms with E-state index in [-0.39, 0.29) is 11.8 Å². The van der Waals surface area contributed by atoms with E-state index in [1.807, 2.05) is 40.8 Å². The van der Waals surface area contributed by atoms with Crippen molar-refractivity contribution in [2.45, 2.75) is 47.0 Å². The second-order valence-corrected chi connectivity index (χ2v) is 8.38. The van der Waals surface area contributed by atoms with E-state index in [9.17, 15) is 9.59 Å². The van der Waals surface area contributed by atoms with Crippen LogP contribution in [-0.4, -0.2) is 23.3 Å². The molecule has 5 nitrogen and oxygen atoms in total. The number of ketones is 1. The monoisotopic (exact) mass is 407 g/mol.